The second-order valence-corrected chi connectivity index (χ2v) is 6.88. The Labute approximate surface area is 167 Å². The molecule has 4 heterocycles. The van der Waals surface area contributed by atoms with E-state index < -0.39 is 24.2 Å². The van der Waals surface area contributed by atoms with Gasteiger partial charge in [-0.3, -0.25) is 4.79 Å². The van der Waals surface area contributed by atoms with Crippen LogP contribution in [0.4, 0.5) is 24.7 Å². The zero-order valence-electron chi connectivity index (χ0n) is 15.3. The van der Waals surface area contributed by atoms with Crippen LogP contribution in [0, 0.1) is 0 Å². The van der Waals surface area contributed by atoms with E-state index in [0.717, 1.165) is 10.9 Å². The van der Waals surface area contributed by atoms with Gasteiger partial charge in [-0.15, -0.1) is 0 Å². The van der Waals surface area contributed by atoms with Gasteiger partial charge in [-0.2, -0.15) is 18.3 Å². The van der Waals surface area contributed by atoms with Crippen LogP contribution in [0.25, 0.3) is 0 Å². The predicted octanol–water partition coefficient (Wildman–Crippen LogP) is 4.12. The minimum absolute atomic E-state index is 0.0156. The number of anilines is 2. The Balaban J connectivity index is 1.46. The maximum Gasteiger partial charge on any atom is 0.410 e. The molecule has 0 fully saturated rings. The number of amides is 1. The van der Waals surface area contributed by atoms with E-state index in [1.54, 1.807) is 30.3 Å². The molecule has 2 atom stereocenters. The van der Waals surface area contributed by atoms with Crippen molar-refractivity contribution in [1.82, 2.24) is 9.78 Å². The molecule has 1 aromatic carbocycles. The second-order valence-electron chi connectivity index (χ2n) is 6.88. The molecule has 30 heavy (non-hydrogen) atoms. The van der Waals surface area contributed by atoms with Gasteiger partial charge in [0.2, 0.25) is 6.79 Å². The van der Waals surface area contributed by atoms with E-state index in [9.17, 15) is 18.0 Å². The van der Waals surface area contributed by atoms with E-state index in [0.29, 0.717) is 22.9 Å². The maximum absolute atomic E-state index is 13.7. The fraction of sp³-hybridized carbons (Fsp3) is 0.263. The number of halogens is 3. The molecule has 156 valence electrons. The molecule has 0 bridgehead atoms. The number of nitrogens with zero attached hydrogens (tertiary/aromatic N) is 2. The zero-order valence-corrected chi connectivity index (χ0v) is 15.3. The van der Waals surface area contributed by atoms with E-state index in [4.69, 9.17) is 13.9 Å². The molecule has 0 saturated carbocycles. The third-order valence-corrected chi connectivity index (χ3v) is 5.00. The largest absolute Gasteiger partial charge is 0.467 e. The first-order valence-electron chi connectivity index (χ1n) is 9.05. The quantitative estimate of drug-likeness (QED) is 0.663. The van der Waals surface area contributed by atoms with E-state index in [1.165, 1.54) is 6.26 Å². The molecule has 0 aliphatic carbocycles. The van der Waals surface area contributed by atoms with Crippen molar-refractivity contribution >= 4 is 17.4 Å². The number of alkyl halides is 3. The van der Waals surface area contributed by atoms with Crippen molar-refractivity contribution in [3.63, 3.8) is 0 Å². The summed E-state index contributed by atoms with van der Waals surface area (Å²) >= 11 is 0. The molecular formula is C19H15F3N4O4. The van der Waals surface area contributed by atoms with Gasteiger partial charge in [0.15, 0.2) is 17.5 Å². The topological polar surface area (TPSA) is 90.5 Å². The number of nitrogens with one attached hydrogen (secondary N) is 2. The number of carbonyl (C=O) groups is 1. The molecule has 0 spiro atoms. The van der Waals surface area contributed by atoms with Gasteiger partial charge in [-0.25, -0.2) is 4.68 Å². The Hall–Kier alpha value is -3.63. The van der Waals surface area contributed by atoms with Gasteiger partial charge >= 0.3 is 6.18 Å². The molecule has 0 saturated heterocycles. The van der Waals surface area contributed by atoms with Crippen LogP contribution in [0.3, 0.4) is 0 Å². The summed E-state index contributed by atoms with van der Waals surface area (Å²) in [5, 5.41) is 9.45. The average Bonchev–Trinajstić information content (AvgIpc) is 3.45. The fourth-order valence-corrected chi connectivity index (χ4v) is 3.58. The molecule has 2 aliphatic rings. The Bertz CT molecular complexity index is 1090. The molecular weight excluding hydrogens is 405 g/mol. The summed E-state index contributed by atoms with van der Waals surface area (Å²) in [6.45, 7) is 0.0839. The highest BCUT2D eigenvalue weighted by atomic mass is 19.4. The van der Waals surface area contributed by atoms with Crippen LogP contribution < -0.4 is 20.1 Å². The highest BCUT2D eigenvalue weighted by molar-refractivity contribution is 6.07. The van der Waals surface area contributed by atoms with Crippen molar-refractivity contribution in [2.45, 2.75) is 24.7 Å². The van der Waals surface area contributed by atoms with E-state index in [1.807, 2.05) is 0 Å². The van der Waals surface area contributed by atoms with Crippen molar-refractivity contribution < 1.29 is 31.9 Å². The normalized spacial score (nSPS) is 19.8. The maximum atomic E-state index is 13.7. The minimum atomic E-state index is -4.54. The third kappa shape index (κ3) is 3.11. The van der Waals surface area contributed by atoms with Gasteiger partial charge < -0.3 is 24.5 Å². The first-order valence-corrected chi connectivity index (χ1v) is 9.05. The Morgan fingerprint density at radius 2 is 2.07 bits per heavy atom. The van der Waals surface area contributed by atoms with Crippen LogP contribution in [0.2, 0.25) is 0 Å². The number of carbonyl (C=O) groups excluding carboxylic acids is 1. The Morgan fingerprint density at radius 1 is 1.23 bits per heavy atom. The lowest BCUT2D eigenvalue weighted by Crippen LogP contribution is -2.36. The van der Waals surface area contributed by atoms with E-state index in [-0.39, 0.29) is 24.6 Å². The first kappa shape index (κ1) is 18.4. The number of furan rings is 1. The van der Waals surface area contributed by atoms with Crippen LogP contribution in [0.1, 0.15) is 34.6 Å². The number of hydrogen-bond donors (Lipinski definition) is 2. The molecule has 2 aliphatic heterocycles. The number of fused-ring (bicyclic) bond motifs is 2. The lowest BCUT2D eigenvalue weighted by molar-refractivity contribution is -0.174. The van der Waals surface area contributed by atoms with Gasteiger partial charge in [-0.1, -0.05) is 0 Å². The third-order valence-electron chi connectivity index (χ3n) is 5.00. The molecule has 1 amide bonds. The van der Waals surface area contributed by atoms with Crippen LogP contribution in [-0.2, 0) is 0 Å². The van der Waals surface area contributed by atoms with Crippen molar-refractivity contribution in [1.29, 1.82) is 0 Å². The second kappa shape index (κ2) is 6.71. The summed E-state index contributed by atoms with van der Waals surface area (Å²) < 4.78 is 57.6. The molecule has 3 aromatic rings. The van der Waals surface area contributed by atoms with E-state index >= 15 is 0 Å². The number of aromatic nitrogens is 2. The molecule has 8 nitrogen and oxygen atoms in total. The minimum Gasteiger partial charge on any atom is -0.467 e. The van der Waals surface area contributed by atoms with Crippen molar-refractivity contribution in [2.24, 2.45) is 0 Å². The summed E-state index contributed by atoms with van der Waals surface area (Å²) in [6.07, 6.45) is -2.35. The van der Waals surface area contributed by atoms with Crippen molar-refractivity contribution in [3.05, 3.63) is 54.1 Å². The van der Waals surface area contributed by atoms with Crippen LogP contribution in [0.15, 0.2) is 47.2 Å². The van der Waals surface area contributed by atoms with Crippen LogP contribution in [0.5, 0.6) is 11.5 Å². The number of benzene rings is 1. The number of hydrogen-bond acceptors (Lipinski definition) is 6. The predicted molar refractivity (Wildman–Crippen MR) is 97.5 cm³/mol. The van der Waals surface area contributed by atoms with Gasteiger partial charge in [0.05, 0.1) is 18.5 Å². The first-order chi connectivity index (χ1) is 14.4. The highest BCUT2D eigenvalue weighted by Gasteiger charge is 2.47. The average molecular weight is 420 g/mol. The standard InChI is InChI=1S/C19H15F3N4O4/c20-19(21,22)16-7-12(13-2-1-5-28-13)25-17-11(8-23-26(16)17)18(27)24-10-3-4-14-15(6-10)30-9-29-14/h1-6,8,12,16,25H,7,9H2,(H,24,27)/t12-,16+/m1/s1. The lowest BCUT2D eigenvalue weighted by Gasteiger charge is -2.32. The molecule has 0 radical (unpaired) electrons. The fourth-order valence-electron chi connectivity index (χ4n) is 3.58. The summed E-state index contributed by atoms with van der Waals surface area (Å²) in [6, 6.07) is 5.36. The summed E-state index contributed by atoms with van der Waals surface area (Å²) in [5.41, 5.74) is 0.396. The monoisotopic (exact) mass is 420 g/mol. The summed E-state index contributed by atoms with van der Waals surface area (Å²) in [7, 11) is 0. The van der Waals surface area contributed by atoms with Gasteiger partial charge in [0, 0.05) is 18.2 Å². The number of rotatable bonds is 3. The SMILES string of the molecule is O=C(Nc1ccc2c(c1)OCO2)c1cnn2c1N[C@@H](c1ccco1)C[C@H]2C(F)(F)F. The van der Waals surface area contributed by atoms with Crippen molar-refractivity contribution in [2.75, 3.05) is 17.4 Å². The smallest absolute Gasteiger partial charge is 0.410 e. The molecule has 2 N–H and O–H groups in total. The molecule has 0 unspecified atom stereocenters. The summed E-state index contributed by atoms with van der Waals surface area (Å²) in [4.78, 5) is 12.8. The zero-order chi connectivity index (χ0) is 20.9. The molecule has 5 rings (SSSR count). The summed E-state index contributed by atoms with van der Waals surface area (Å²) in [5.74, 6) is 0.732. The Morgan fingerprint density at radius 3 is 2.83 bits per heavy atom. The van der Waals surface area contributed by atoms with Crippen LogP contribution in [-0.4, -0.2) is 28.7 Å². The van der Waals surface area contributed by atoms with Gasteiger partial charge in [-0.05, 0) is 24.3 Å². The van der Waals surface area contributed by atoms with Gasteiger partial charge in [0.1, 0.15) is 17.1 Å². The lowest BCUT2D eigenvalue weighted by atomic mass is 10.0. The van der Waals surface area contributed by atoms with Crippen LogP contribution >= 0.6 is 0 Å². The molecule has 2 aromatic heterocycles. The highest BCUT2D eigenvalue weighted by Crippen LogP contribution is 2.44. The Kier molecular flexibility index (Phi) is 4.12. The van der Waals surface area contributed by atoms with Crippen molar-refractivity contribution in [3.8, 4) is 11.5 Å². The number of ether oxygens (including phenoxy) is 2. The van der Waals surface area contributed by atoms with E-state index in [2.05, 4.69) is 15.7 Å². The van der Waals surface area contributed by atoms with Gasteiger partial charge in [0.25, 0.3) is 5.91 Å². The molecule has 11 heteroatoms.